The molecule has 0 saturated heterocycles. The van der Waals surface area contributed by atoms with E-state index < -0.39 is 5.97 Å². The lowest BCUT2D eigenvalue weighted by Gasteiger charge is -2.13. The molecule has 1 aliphatic rings. The Kier molecular flexibility index (Phi) is 2.48. The summed E-state index contributed by atoms with van der Waals surface area (Å²) in [5, 5.41) is 8.52. The molecule has 2 heteroatoms. The van der Waals surface area contributed by atoms with Crippen molar-refractivity contribution in [1.82, 2.24) is 0 Å². The first-order valence-electron chi connectivity index (χ1n) is 3.89. The SMILES string of the molecule is C=C1C=CC(CC(=O)O)=CC1C. The molecule has 0 aliphatic heterocycles. The summed E-state index contributed by atoms with van der Waals surface area (Å²) in [7, 11) is 0. The van der Waals surface area contributed by atoms with Gasteiger partial charge in [-0.1, -0.05) is 31.7 Å². The van der Waals surface area contributed by atoms with Crippen LogP contribution >= 0.6 is 0 Å². The van der Waals surface area contributed by atoms with Gasteiger partial charge < -0.3 is 5.11 Å². The molecule has 0 fully saturated rings. The number of aliphatic carboxylic acids is 1. The molecule has 0 amide bonds. The Morgan fingerprint density at radius 1 is 1.67 bits per heavy atom. The molecule has 0 spiro atoms. The third kappa shape index (κ3) is 2.09. The number of carboxylic acid groups (broad SMARTS) is 1. The van der Waals surface area contributed by atoms with Gasteiger partial charge in [0.15, 0.2) is 0 Å². The minimum atomic E-state index is -0.786. The monoisotopic (exact) mass is 164 g/mol. The molecule has 1 rings (SSSR count). The topological polar surface area (TPSA) is 37.3 Å². The molecule has 1 unspecified atom stereocenters. The molecule has 0 radical (unpaired) electrons. The Balaban J connectivity index is 2.69. The lowest BCUT2D eigenvalue weighted by molar-refractivity contribution is -0.136. The molecular weight excluding hydrogens is 152 g/mol. The third-order valence-corrected chi connectivity index (χ3v) is 1.92. The normalized spacial score (nSPS) is 22.2. The lowest BCUT2D eigenvalue weighted by atomic mass is 9.93. The van der Waals surface area contributed by atoms with Gasteiger partial charge in [0, 0.05) is 0 Å². The number of carbonyl (C=O) groups is 1. The van der Waals surface area contributed by atoms with Crippen molar-refractivity contribution in [1.29, 1.82) is 0 Å². The zero-order chi connectivity index (χ0) is 9.14. The van der Waals surface area contributed by atoms with Crippen molar-refractivity contribution < 1.29 is 9.90 Å². The summed E-state index contributed by atoms with van der Waals surface area (Å²) < 4.78 is 0. The summed E-state index contributed by atoms with van der Waals surface area (Å²) in [6.07, 6.45) is 5.74. The minimum absolute atomic E-state index is 0.105. The molecule has 1 N–H and O–H groups in total. The van der Waals surface area contributed by atoms with E-state index in [-0.39, 0.29) is 12.3 Å². The van der Waals surface area contributed by atoms with Gasteiger partial charge in [-0.25, -0.2) is 0 Å². The van der Waals surface area contributed by atoms with E-state index >= 15 is 0 Å². The summed E-state index contributed by atoms with van der Waals surface area (Å²) in [6.45, 7) is 5.84. The molecule has 2 nitrogen and oxygen atoms in total. The molecule has 12 heavy (non-hydrogen) atoms. The van der Waals surface area contributed by atoms with Gasteiger partial charge >= 0.3 is 5.97 Å². The van der Waals surface area contributed by atoms with Crippen LogP contribution in [0.15, 0.2) is 36.0 Å². The van der Waals surface area contributed by atoms with E-state index in [9.17, 15) is 4.79 Å². The Morgan fingerprint density at radius 3 is 2.83 bits per heavy atom. The fourth-order valence-corrected chi connectivity index (χ4v) is 1.14. The lowest BCUT2D eigenvalue weighted by Crippen LogP contribution is -2.02. The van der Waals surface area contributed by atoms with Crippen molar-refractivity contribution >= 4 is 5.97 Å². The number of allylic oxidation sites excluding steroid dienone is 4. The first kappa shape index (κ1) is 8.78. The predicted octanol–water partition coefficient (Wildman–Crippen LogP) is 2.15. The zero-order valence-corrected chi connectivity index (χ0v) is 7.08. The van der Waals surface area contributed by atoms with E-state index in [1.807, 2.05) is 25.2 Å². The van der Waals surface area contributed by atoms with Crippen LogP contribution < -0.4 is 0 Å². The first-order chi connectivity index (χ1) is 5.59. The highest BCUT2D eigenvalue weighted by atomic mass is 16.4. The quantitative estimate of drug-likeness (QED) is 0.679. The number of rotatable bonds is 2. The fourth-order valence-electron chi connectivity index (χ4n) is 1.14. The van der Waals surface area contributed by atoms with Crippen LogP contribution in [-0.4, -0.2) is 11.1 Å². The highest BCUT2D eigenvalue weighted by Crippen LogP contribution is 2.21. The second-order valence-electron chi connectivity index (χ2n) is 3.01. The summed E-state index contributed by atoms with van der Waals surface area (Å²) in [5.74, 6) is -0.519. The summed E-state index contributed by atoms with van der Waals surface area (Å²) in [4.78, 5) is 10.4. The molecule has 1 aliphatic carbocycles. The molecule has 0 aromatic carbocycles. The maximum Gasteiger partial charge on any atom is 0.307 e. The van der Waals surface area contributed by atoms with Crippen LogP contribution in [-0.2, 0) is 4.79 Å². The highest BCUT2D eigenvalue weighted by molar-refractivity contribution is 5.71. The van der Waals surface area contributed by atoms with Crippen LogP contribution in [0.2, 0.25) is 0 Å². The van der Waals surface area contributed by atoms with Crippen LogP contribution in [0.4, 0.5) is 0 Å². The van der Waals surface area contributed by atoms with E-state index in [0.29, 0.717) is 0 Å². The van der Waals surface area contributed by atoms with Crippen LogP contribution in [0.1, 0.15) is 13.3 Å². The molecule has 0 aromatic rings. The second kappa shape index (κ2) is 3.39. The van der Waals surface area contributed by atoms with E-state index in [0.717, 1.165) is 11.1 Å². The van der Waals surface area contributed by atoms with Crippen molar-refractivity contribution in [3.8, 4) is 0 Å². The van der Waals surface area contributed by atoms with Crippen LogP contribution in [0, 0.1) is 5.92 Å². The van der Waals surface area contributed by atoms with Crippen LogP contribution in [0.5, 0.6) is 0 Å². The third-order valence-electron chi connectivity index (χ3n) is 1.92. The van der Waals surface area contributed by atoms with E-state index in [1.54, 1.807) is 0 Å². The standard InChI is InChI=1S/C10H12O2/c1-7-3-4-9(5-8(7)2)6-10(11)12/h3-5,8H,1,6H2,2H3,(H,11,12). The number of carboxylic acids is 1. The van der Waals surface area contributed by atoms with E-state index in [4.69, 9.17) is 5.11 Å². The molecular formula is C10H12O2. The predicted molar refractivity (Wildman–Crippen MR) is 47.8 cm³/mol. The Bertz CT molecular complexity index is 272. The average molecular weight is 164 g/mol. The number of hydrogen-bond donors (Lipinski definition) is 1. The summed E-state index contributed by atoms with van der Waals surface area (Å²) in [6, 6.07) is 0. The van der Waals surface area contributed by atoms with Crippen molar-refractivity contribution in [2.45, 2.75) is 13.3 Å². The van der Waals surface area contributed by atoms with E-state index in [1.165, 1.54) is 0 Å². The Morgan fingerprint density at radius 2 is 2.33 bits per heavy atom. The highest BCUT2D eigenvalue weighted by Gasteiger charge is 2.09. The largest absolute Gasteiger partial charge is 0.481 e. The van der Waals surface area contributed by atoms with Gasteiger partial charge in [0.1, 0.15) is 0 Å². The Hall–Kier alpha value is -1.31. The average Bonchev–Trinajstić information content (AvgIpc) is 1.96. The van der Waals surface area contributed by atoms with Crippen LogP contribution in [0.3, 0.4) is 0 Å². The van der Waals surface area contributed by atoms with E-state index in [2.05, 4.69) is 6.58 Å². The molecule has 0 heterocycles. The zero-order valence-electron chi connectivity index (χ0n) is 7.08. The minimum Gasteiger partial charge on any atom is -0.481 e. The maximum atomic E-state index is 10.4. The molecule has 0 bridgehead atoms. The van der Waals surface area contributed by atoms with Gasteiger partial charge in [-0.3, -0.25) is 4.79 Å². The van der Waals surface area contributed by atoms with Gasteiger partial charge in [-0.05, 0) is 17.1 Å². The van der Waals surface area contributed by atoms with Crippen molar-refractivity contribution in [3.63, 3.8) is 0 Å². The molecule has 0 aromatic heterocycles. The van der Waals surface area contributed by atoms with Gasteiger partial charge in [0.25, 0.3) is 0 Å². The molecule has 0 saturated carbocycles. The van der Waals surface area contributed by atoms with Gasteiger partial charge in [-0.2, -0.15) is 0 Å². The first-order valence-corrected chi connectivity index (χ1v) is 3.89. The van der Waals surface area contributed by atoms with Crippen LogP contribution in [0.25, 0.3) is 0 Å². The van der Waals surface area contributed by atoms with Crippen molar-refractivity contribution in [3.05, 3.63) is 36.0 Å². The fraction of sp³-hybridized carbons (Fsp3) is 0.300. The Labute approximate surface area is 71.9 Å². The number of hydrogen-bond acceptors (Lipinski definition) is 1. The maximum absolute atomic E-state index is 10.4. The van der Waals surface area contributed by atoms with Gasteiger partial charge in [-0.15, -0.1) is 0 Å². The molecule has 1 atom stereocenters. The van der Waals surface area contributed by atoms with Gasteiger partial charge in [0.05, 0.1) is 6.42 Å². The van der Waals surface area contributed by atoms with Crippen molar-refractivity contribution in [2.24, 2.45) is 5.92 Å². The molecule has 64 valence electrons. The van der Waals surface area contributed by atoms with Gasteiger partial charge in [0.2, 0.25) is 0 Å². The van der Waals surface area contributed by atoms with Crippen molar-refractivity contribution in [2.75, 3.05) is 0 Å². The second-order valence-corrected chi connectivity index (χ2v) is 3.01. The summed E-state index contributed by atoms with van der Waals surface area (Å²) >= 11 is 0. The summed E-state index contributed by atoms with van der Waals surface area (Å²) in [5.41, 5.74) is 1.89. The smallest absolute Gasteiger partial charge is 0.307 e.